The number of hydrogen-bond acceptors (Lipinski definition) is 4. The first-order valence-corrected chi connectivity index (χ1v) is 11.9. The molecule has 0 spiro atoms. The van der Waals surface area contributed by atoms with Gasteiger partial charge in [0.15, 0.2) is 0 Å². The second-order valence-electron chi connectivity index (χ2n) is 9.11. The topological polar surface area (TPSA) is 47.1 Å². The molecule has 0 bridgehead atoms. The maximum absolute atomic E-state index is 13.3. The summed E-state index contributed by atoms with van der Waals surface area (Å²) in [5.74, 6) is 0.173. The highest BCUT2D eigenvalue weighted by molar-refractivity contribution is 6.04. The van der Waals surface area contributed by atoms with Crippen molar-refractivity contribution in [2.24, 2.45) is 0 Å². The van der Waals surface area contributed by atoms with Gasteiger partial charge in [0.05, 0.1) is 11.3 Å². The number of benzene rings is 2. The van der Waals surface area contributed by atoms with Crippen LogP contribution in [0.4, 0.5) is 11.4 Å². The van der Waals surface area contributed by atoms with E-state index in [1.54, 1.807) is 0 Å². The Kier molecular flexibility index (Phi) is 5.53. The Hall–Kier alpha value is -3.02. The van der Waals surface area contributed by atoms with E-state index in [-0.39, 0.29) is 18.0 Å². The average Bonchev–Trinajstić information content (AvgIpc) is 2.84. The third kappa shape index (κ3) is 3.61. The Balaban J connectivity index is 1.34. The maximum atomic E-state index is 13.3. The molecule has 0 radical (unpaired) electrons. The largest absolute Gasteiger partial charge is 0.368 e. The summed E-state index contributed by atoms with van der Waals surface area (Å²) in [5.41, 5.74) is 4.81. The van der Waals surface area contributed by atoms with Gasteiger partial charge in [-0.3, -0.25) is 9.59 Å². The molecule has 2 fully saturated rings. The van der Waals surface area contributed by atoms with Crippen molar-refractivity contribution in [3.05, 3.63) is 59.2 Å². The fraction of sp³-hybridized carbons (Fsp3) is 0.462. The zero-order valence-corrected chi connectivity index (χ0v) is 19.1. The van der Waals surface area contributed by atoms with Gasteiger partial charge in [0.1, 0.15) is 6.17 Å². The summed E-state index contributed by atoms with van der Waals surface area (Å²) in [6.45, 7) is 8.96. The SMILES string of the molecule is CCN1c2cc(C(=O)N3CCN(c4cccc(C)c4)CC3)ccc2C(=O)N2CCCCC21. The van der Waals surface area contributed by atoms with Crippen molar-refractivity contribution in [1.29, 1.82) is 0 Å². The van der Waals surface area contributed by atoms with E-state index in [2.05, 4.69) is 47.9 Å². The molecule has 32 heavy (non-hydrogen) atoms. The number of carbonyl (C=O) groups excluding carboxylic acids is 2. The van der Waals surface area contributed by atoms with Crippen LogP contribution in [0.1, 0.15) is 52.5 Å². The number of fused-ring (bicyclic) bond motifs is 2. The molecule has 0 aromatic heterocycles. The molecule has 5 rings (SSSR count). The number of anilines is 2. The molecule has 2 aromatic carbocycles. The van der Waals surface area contributed by atoms with E-state index in [1.165, 1.54) is 11.3 Å². The normalized spacial score (nSPS) is 20.8. The number of aryl methyl sites for hydroxylation is 1. The smallest absolute Gasteiger partial charge is 0.257 e. The lowest BCUT2D eigenvalue weighted by Gasteiger charge is -2.47. The van der Waals surface area contributed by atoms with Crippen LogP contribution in [0, 0.1) is 6.92 Å². The van der Waals surface area contributed by atoms with Gasteiger partial charge < -0.3 is 19.6 Å². The number of hydrogen-bond donors (Lipinski definition) is 0. The number of rotatable bonds is 3. The molecule has 2 saturated heterocycles. The first-order valence-electron chi connectivity index (χ1n) is 11.9. The molecule has 2 aromatic rings. The van der Waals surface area contributed by atoms with E-state index >= 15 is 0 Å². The molecule has 168 valence electrons. The van der Waals surface area contributed by atoms with E-state index in [0.29, 0.717) is 18.7 Å². The number of piperidine rings is 1. The van der Waals surface area contributed by atoms with Gasteiger partial charge >= 0.3 is 0 Å². The molecular formula is C26H32N4O2. The van der Waals surface area contributed by atoms with Crippen LogP contribution in [0.3, 0.4) is 0 Å². The van der Waals surface area contributed by atoms with Crippen molar-refractivity contribution in [3.8, 4) is 0 Å². The molecule has 2 amide bonds. The third-order valence-corrected chi connectivity index (χ3v) is 7.15. The highest BCUT2D eigenvalue weighted by atomic mass is 16.2. The summed E-state index contributed by atoms with van der Waals surface area (Å²) in [6.07, 6.45) is 3.33. The first kappa shape index (κ1) is 20.9. The van der Waals surface area contributed by atoms with Crippen LogP contribution >= 0.6 is 0 Å². The van der Waals surface area contributed by atoms with Crippen LogP contribution in [-0.4, -0.2) is 67.0 Å². The van der Waals surface area contributed by atoms with Crippen molar-refractivity contribution < 1.29 is 9.59 Å². The molecule has 3 aliphatic rings. The lowest BCUT2D eigenvalue weighted by Crippen LogP contribution is -2.57. The number of piperazine rings is 1. The summed E-state index contributed by atoms with van der Waals surface area (Å²) in [5, 5.41) is 0. The van der Waals surface area contributed by atoms with Crippen LogP contribution in [0.25, 0.3) is 0 Å². The lowest BCUT2D eigenvalue weighted by molar-refractivity contribution is 0.0581. The van der Waals surface area contributed by atoms with Crippen LogP contribution in [0.2, 0.25) is 0 Å². The van der Waals surface area contributed by atoms with Crippen LogP contribution < -0.4 is 9.80 Å². The Morgan fingerprint density at radius 2 is 1.81 bits per heavy atom. The molecular weight excluding hydrogens is 400 g/mol. The van der Waals surface area contributed by atoms with E-state index < -0.39 is 0 Å². The van der Waals surface area contributed by atoms with E-state index in [9.17, 15) is 9.59 Å². The highest BCUT2D eigenvalue weighted by Gasteiger charge is 2.38. The van der Waals surface area contributed by atoms with Gasteiger partial charge in [-0.05, 0) is 69.0 Å². The summed E-state index contributed by atoms with van der Waals surface area (Å²) in [6, 6.07) is 14.2. The van der Waals surface area contributed by atoms with Gasteiger partial charge in [-0.2, -0.15) is 0 Å². The predicted molar refractivity (Wildman–Crippen MR) is 127 cm³/mol. The van der Waals surface area contributed by atoms with Gasteiger partial charge in [-0.25, -0.2) is 0 Å². The Bertz CT molecular complexity index is 1030. The van der Waals surface area contributed by atoms with Crippen LogP contribution in [-0.2, 0) is 0 Å². The summed E-state index contributed by atoms with van der Waals surface area (Å²) >= 11 is 0. The molecule has 6 nitrogen and oxygen atoms in total. The van der Waals surface area contributed by atoms with Gasteiger partial charge in [0, 0.05) is 50.5 Å². The Labute approximate surface area is 190 Å². The summed E-state index contributed by atoms with van der Waals surface area (Å²) in [7, 11) is 0. The minimum atomic E-state index is 0.0614. The first-order chi connectivity index (χ1) is 15.6. The number of amides is 2. The average molecular weight is 433 g/mol. The van der Waals surface area contributed by atoms with Gasteiger partial charge in [-0.1, -0.05) is 12.1 Å². The monoisotopic (exact) mass is 432 g/mol. The van der Waals surface area contributed by atoms with Crippen molar-refractivity contribution in [3.63, 3.8) is 0 Å². The second kappa shape index (κ2) is 8.49. The molecule has 1 unspecified atom stereocenters. The standard InChI is InChI=1S/C26H32N4O2/c1-3-29-23-18-20(10-11-22(23)26(32)30-12-5-4-9-24(29)30)25(31)28-15-13-27(14-16-28)21-8-6-7-19(2)17-21/h6-8,10-11,17-18,24H,3-5,9,12-16H2,1-2H3. The molecule has 0 N–H and O–H groups in total. The van der Waals surface area contributed by atoms with Gasteiger partial charge in [-0.15, -0.1) is 0 Å². The minimum absolute atomic E-state index is 0.0614. The lowest BCUT2D eigenvalue weighted by atomic mass is 9.97. The number of carbonyl (C=O) groups is 2. The van der Waals surface area contributed by atoms with Crippen molar-refractivity contribution in [1.82, 2.24) is 9.80 Å². The zero-order valence-electron chi connectivity index (χ0n) is 19.1. The van der Waals surface area contributed by atoms with E-state index in [4.69, 9.17) is 0 Å². The quantitative estimate of drug-likeness (QED) is 0.741. The van der Waals surface area contributed by atoms with E-state index in [1.807, 2.05) is 28.0 Å². The van der Waals surface area contributed by atoms with E-state index in [0.717, 1.165) is 56.7 Å². The number of nitrogens with zero attached hydrogens (tertiary/aromatic N) is 4. The molecule has 3 aliphatic heterocycles. The molecule has 0 aliphatic carbocycles. The maximum Gasteiger partial charge on any atom is 0.257 e. The predicted octanol–water partition coefficient (Wildman–Crippen LogP) is 3.75. The van der Waals surface area contributed by atoms with Crippen LogP contribution in [0.15, 0.2) is 42.5 Å². The molecule has 6 heteroatoms. The minimum Gasteiger partial charge on any atom is -0.368 e. The van der Waals surface area contributed by atoms with Gasteiger partial charge in [0.25, 0.3) is 11.8 Å². The summed E-state index contributed by atoms with van der Waals surface area (Å²) < 4.78 is 0. The molecule has 1 atom stereocenters. The molecule has 0 saturated carbocycles. The highest BCUT2D eigenvalue weighted by Crippen LogP contribution is 2.36. The van der Waals surface area contributed by atoms with Crippen molar-refractivity contribution >= 4 is 23.2 Å². The third-order valence-electron chi connectivity index (χ3n) is 7.15. The Morgan fingerprint density at radius 3 is 2.56 bits per heavy atom. The fourth-order valence-corrected chi connectivity index (χ4v) is 5.43. The van der Waals surface area contributed by atoms with Gasteiger partial charge in [0.2, 0.25) is 0 Å². The Morgan fingerprint density at radius 1 is 1.00 bits per heavy atom. The zero-order chi connectivity index (χ0) is 22.2. The fourth-order valence-electron chi connectivity index (χ4n) is 5.43. The molecule has 3 heterocycles. The van der Waals surface area contributed by atoms with Crippen LogP contribution in [0.5, 0.6) is 0 Å². The second-order valence-corrected chi connectivity index (χ2v) is 9.11. The summed E-state index contributed by atoms with van der Waals surface area (Å²) in [4.78, 5) is 35.0. The van der Waals surface area contributed by atoms with Crippen molar-refractivity contribution in [2.75, 3.05) is 49.1 Å². The van der Waals surface area contributed by atoms with Crippen molar-refractivity contribution in [2.45, 2.75) is 39.3 Å².